The molecular formula is C11H14N4O. The zero-order chi connectivity index (χ0) is 10.8. The van der Waals surface area contributed by atoms with Crippen LogP contribution in [0.1, 0.15) is 12.8 Å². The van der Waals surface area contributed by atoms with Crippen molar-refractivity contribution in [3.8, 4) is 0 Å². The molecule has 0 bridgehead atoms. The molecule has 1 fully saturated rings. The summed E-state index contributed by atoms with van der Waals surface area (Å²) >= 11 is 0. The molecule has 5 heteroatoms. The number of piperidine rings is 1. The number of fused-ring (bicyclic) bond motifs is 1. The summed E-state index contributed by atoms with van der Waals surface area (Å²) in [6.45, 7) is 2.02. The Kier molecular flexibility index (Phi) is 2.46. The van der Waals surface area contributed by atoms with Crippen LogP contribution in [-0.4, -0.2) is 34.4 Å². The number of para-hydroxylation sites is 1. The van der Waals surface area contributed by atoms with Gasteiger partial charge in [0.25, 0.3) is 0 Å². The second-order valence-electron chi connectivity index (χ2n) is 4.01. The first-order valence-corrected chi connectivity index (χ1v) is 5.62. The Morgan fingerprint density at radius 2 is 2.06 bits per heavy atom. The molecule has 0 unspecified atom stereocenters. The highest BCUT2D eigenvalue weighted by molar-refractivity contribution is 5.73. The fraction of sp³-hybridized carbons (Fsp3) is 0.455. The molecular weight excluding hydrogens is 204 g/mol. The van der Waals surface area contributed by atoms with Crippen molar-refractivity contribution < 1.29 is 4.84 Å². The maximum absolute atomic E-state index is 5.81. The van der Waals surface area contributed by atoms with Gasteiger partial charge in [-0.2, -0.15) is 0 Å². The lowest BCUT2D eigenvalue weighted by Crippen LogP contribution is -2.37. The third-order valence-corrected chi connectivity index (χ3v) is 2.86. The molecule has 1 aromatic heterocycles. The van der Waals surface area contributed by atoms with E-state index in [2.05, 4.69) is 15.6 Å². The van der Waals surface area contributed by atoms with Gasteiger partial charge in [0.05, 0.1) is 0 Å². The molecule has 1 aliphatic heterocycles. The van der Waals surface area contributed by atoms with Gasteiger partial charge in [-0.25, -0.2) is 0 Å². The molecule has 0 spiro atoms. The van der Waals surface area contributed by atoms with Gasteiger partial charge in [0.2, 0.25) is 0 Å². The predicted molar refractivity (Wildman–Crippen MR) is 60.0 cm³/mol. The van der Waals surface area contributed by atoms with Gasteiger partial charge in [-0.1, -0.05) is 17.0 Å². The minimum absolute atomic E-state index is 0.242. The van der Waals surface area contributed by atoms with E-state index in [1.165, 1.54) is 0 Å². The quantitative estimate of drug-likeness (QED) is 0.802. The average Bonchev–Trinajstić information content (AvgIpc) is 2.74. The highest BCUT2D eigenvalue weighted by Gasteiger charge is 2.16. The molecule has 0 amide bonds. The van der Waals surface area contributed by atoms with Crippen LogP contribution in [0.4, 0.5) is 0 Å². The molecule has 0 aliphatic carbocycles. The molecule has 2 heterocycles. The van der Waals surface area contributed by atoms with E-state index in [1.54, 1.807) is 4.85 Å². The highest BCUT2D eigenvalue weighted by atomic mass is 16.7. The summed E-state index contributed by atoms with van der Waals surface area (Å²) < 4.78 is 0. The number of nitrogens with one attached hydrogen (secondary N) is 1. The van der Waals surface area contributed by atoms with Gasteiger partial charge in [0.15, 0.2) is 0 Å². The molecule has 2 aromatic rings. The molecule has 0 saturated carbocycles. The van der Waals surface area contributed by atoms with Gasteiger partial charge in [0, 0.05) is 0 Å². The molecule has 3 rings (SSSR count). The normalized spacial score (nSPS) is 17.8. The summed E-state index contributed by atoms with van der Waals surface area (Å²) in [7, 11) is 0. The van der Waals surface area contributed by atoms with Gasteiger partial charge in [-0.15, -0.1) is 5.10 Å². The van der Waals surface area contributed by atoms with Gasteiger partial charge in [-0.3, -0.25) is 0 Å². The number of nitrogens with zero attached hydrogens (tertiary/aromatic N) is 3. The van der Waals surface area contributed by atoms with E-state index in [9.17, 15) is 0 Å². The van der Waals surface area contributed by atoms with Crippen molar-refractivity contribution in [2.24, 2.45) is 0 Å². The van der Waals surface area contributed by atoms with Crippen molar-refractivity contribution in [2.45, 2.75) is 18.9 Å². The number of rotatable bonds is 2. The first kappa shape index (κ1) is 9.59. The summed E-state index contributed by atoms with van der Waals surface area (Å²) in [5.41, 5.74) is 1.80. The van der Waals surface area contributed by atoms with Crippen LogP contribution in [0.5, 0.6) is 0 Å². The first-order valence-electron chi connectivity index (χ1n) is 5.62. The van der Waals surface area contributed by atoms with E-state index in [1.807, 2.05) is 24.3 Å². The SMILES string of the molecule is c1ccc2c(c1)nnn2OC1CCNCC1. The summed E-state index contributed by atoms with van der Waals surface area (Å²) in [5, 5.41) is 11.4. The monoisotopic (exact) mass is 218 g/mol. The van der Waals surface area contributed by atoms with Crippen molar-refractivity contribution in [3.63, 3.8) is 0 Å². The van der Waals surface area contributed by atoms with Crippen LogP contribution in [0.25, 0.3) is 11.0 Å². The molecule has 1 saturated heterocycles. The molecule has 16 heavy (non-hydrogen) atoms. The Balaban J connectivity index is 1.83. The Morgan fingerprint density at radius 1 is 1.25 bits per heavy atom. The predicted octanol–water partition coefficient (Wildman–Crippen LogP) is 0.612. The topological polar surface area (TPSA) is 52.0 Å². The van der Waals surface area contributed by atoms with Crippen LogP contribution in [0.3, 0.4) is 0 Å². The molecule has 84 valence electrons. The fourth-order valence-corrected chi connectivity index (χ4v) is 1.97. The molecule has 1 aromatic carbocycles. The standard InChI is InChI=1S/C11H14N4O/c1-2-4-11-10(3-1)13-14-15(11)16-9-5-7-12-8-6-9/h1-4,9,12H,5-8H2. The third-order valence-electron chi connectivity index (χ3n) is 2.86. The Bertz CT molecular complexity index is 476. The fourth-order valence-electron chi connectivity index (χ4n) is 1.97. The van der Waals surface area contributed by atoms with Crippen LogP contribution in [-0.2, 0) is 0 Å². The van der Waals surface area contributed by atoms with Crippen LogP contribution < -0.4 is 10.2 Å². The molecule has 1 aliphatic rings. The highest BCUT2D eigenvalue weighted by Crippen LogP contribution is 2.11. The van der Waals surface area contributed by atoms with E-state index >= 15 is 0 Å². The first-order chi connectivity index (χ1) is 7.93. The summed E-state index contributed by atoms with van der Waals surface area (Å²) in [5.74, 6) is 0. The van der Waals surface area contributed by atoms with Crippen LogP contribution in [0.2, 0.25) is 0 Å². The molecule has 0 atom stereocenters. The molecule has 5 nitrogen and oxygen atoms in total. The summed E-state index contributed by atoms with van der Waals surface area (Å²) in [6.07, 6.45) is 2.29. The minimum Gasteiger partial charge on any atom is -0.392 e. The van der Waals surface area contributed by atoms with E-state index in [4.69, 9.17) is 4.84 Å². The van der Waals surface area contributed by atoms with Gasteiger partial charge in [-0.05, 0) is 43.3 Å². The van der Waals surface area contributed by atoms with Crippen molar-refractivity contribution in [1.82, 2.24) is 20.5 Å². The number of hydrogen-bond acceptors (Lipinski definition) is 4. The zero-order valence-electron chi connectivity index (χ0n) is 8.97. The summed E-state index contributed by atoms with van der Waals surface area (Å²) in [6, 6.07) is 7.82. The van der Waals surface area contributed by atoms with Crippen molar-refractivity contribution >= 4 is 11.0 Å². The van der Waals surface area contributed by atoms with Crippen molar-refractivity contribution in [3.05, 3.63) is 24.3 Å². The Labute approximate surface area is 93.3 Å². The van der Waals surface area contributed by atoms with E-state index < -0.39 is 0 Å². The van der Waals surface area contributed by atoms with E-state index in [0.29, 0.717) is 0 Å². The molecule has 1 N–H and O–H groups in total. The maximum Gasteiger partial charge on any atom is 0.130 e. The van der Waals surface area contributed by atoms with Crippen LogP contribution in [0, 0.1) is 0 Å². The maximum atomic E-state index is 5.81. The second-order valence-corrected chi connectivity index (χ2v) is 4.01. The Morgan fingerprint density at radius 3 is 2.94 bits per heavy atom. The van der Waals surface area contributed by atoms with Crippen molar-refractivity contribution in [2.75, 3.05) is 13.1 Å². The largest absolute Gasteiger partial charge is 0.392 e. The smallest absolute Gasteiger partial charge is 0.130 e. The van der Waals surface area contributed by atoms with E-state index in [0.717, 1.165) is 37.0 Å². The van der Waals surface area contributed by atoms with Gasteiger partial charge < -0.3 is 10.2 Å². The second kappa shape index (κ2) is 4.09. The summed E-state index contributed by atoms with van der Waals surface area (Å²) in [4.78, 5) is 7.36. The number of hydrogen-bond donors (Lipinski definition) is 1. The zero-order valence-corrected chi connectivity index (χ0v) is 8.97. The lowest BCUT2D eigenvalue weighted by atomic mass is 10.1. The lowest BCUT2D eigenvalue weighted by Gasteiger charge is -2.22. The third kappa shape index (κ3) is 1.74. The minimum atomic E-state index is 0.242. The van der Waals surface area contributed by atoms with Gasteiger partial charge >= 0.3 is 0 Å². The number of aromatic nitrogens is 3. The van der Waals surface area contributed by atoms with Gasteiger partial charge in [0.1, 0.15) is 17.1 Å². The van der Waals surface area contributed by atoms with Crippen LogP contribution >= 0.6 is 0 Å². The number of benzene rings is 1. The van der Waals surface area contributed by atoms with Crippen molar-refractivity contribution in [1.29, 1.82) is 0 Å². The Hall–Kier alpha value is -1.62. The molecule has 0 radical (unpaired) electrons. The average molecular weight is 218 g/mol. The lowest BCUT2D eigenvalue weighted by molar-refractivity contribution is 0.00347. The van der Waals surface area contributed by atoms with E-state index in [-0.39, 0.29) is 6.10 Å². The van der Waals surface area contributed by atoms with Crippen LogP contribution in [0.15, 0.2) is 24.3 Å².